The Hall–Kier alpha value is -0.930. The van der Waals surface area contributed by atoms with Gasteiger partial charge in [-0.3, -0.25) is 4.98 Å². The van der Waals surface area contributed by atoms with E-state index in [4.69, 9.17) is 11.6 Å². The highest BCUT2D eigenvalue weighted by Gasteiger charge is 2.17. The molecular formula is C10H12ClN3. The molecule has 0 bridgehead atoms. The molecule has 2 rings (SSSR count). The lowest BCUT2D eigenvalue weighted by Gasteiger charge is -2.21. The largest absolute Gasteiger partial charge is 0.310 e. The van der Waals surface area contributed by atoms with Gasteiger partial charge in [-0.15, -0.1) is 0 Å². The minimum absolute atomic E-state index is 0.304. The lowest BCUT2D eigenvalue weighted by atomic mass is 10.0. The van der Waals surface area contributed by atoms with Gasteiger partial charge < -0.3 is 5.32 Å². The van der Waals surface area contributed by atoms with Crippen molar-refractivity contribution in [3.63, 3.8) is 0 Å². The van der Waals surface area contributed by atoms with E-state index < -0.39 is 0 Å². The summed E-state index contributed by atoms with van der Waals surface area (Å²) in [6.07, 6.45) is 6.47. The van der Waals surface area contributed by atoms with Gasteiger partial charge in [0.25, 0.3) is 0 Å². The lowest BCUT2D eigenvalue weighted by Crippen LogP contribution is -2.31. The summed E-state index contributed by atoms with van der Waals surface area (Å²) < 4.78 is 0. The Morgan fingerprint density at radius 1 is 1.43 bits per heavy atom. The minimum atomic E-state index is 0.304. The fourth-order valence-corrected chi connectivity index (χ4v) is 1.84. The van der Waals surface area contributed by atoms with Crippen molar-refractivity contribution in [1.29, 1.82) is 0 Å². The number of aromatic nitrogens is 2. The second-order valence-electron chi connectivity index (χ2n) is 3.32. The Labute approximate surface area is 88.2 Å². The smallest absolute Gasteiger partial charge is 0.154 e. The van der Waals surface area contributed by atoms with Crippen LogP contribution < -0.4 is 5.32 Å². The molecule has 14 heavy (non-hydrogen) atoms. The van der Waals surface area contributed by atoms with Crippen molar-refractivity contribution < 1.29 is 0 Å². The molecule has 1 aromatic heterocycles. The highest BCUT2D eigenvalue weighted by molar-refractivity contribution is 6.30. The van der Waals surface area contributed by atoms with Crippen LogP contribution in [-0.2, 0) is 0 Å². The summed E-state index contributed by atoms with van der Waals surface area (Å²) in [4.78, 5) is 8.27. The van der Waals surface area contributed by atoms with Crippen LogP contribution in [0.15, 0.2) is 18.5 Å². The topological polar surface area (TPSA) is 37.8 Å². The van der Waals surface area contributed by atoms with Crippen molar-refractivity contribution in [1.82, 2.24) is 15.3 Å². The summed E-state index contributed by atoms with van der Waals surface area (Å²) in [6.45, 7) is 3.12. The summed E-state index contributed by atoms with van der Waals surface area (Å²) in [5.41, 5.74) is 1.95. The molecule has 1 aromatic rings. The van der Waals surface area contributed by atoms with E-state index in [0.717, 1.165) is 24.2 Å². The maximum Gasteiger partial charge on any atom is 0.154 e. The van der Waals surface area contributed by atoms with Gasteiger partial charge in [0.15, 0.2) is 5.15 Å². The Morgan fingerprint density at radius 2 is 2.21 bits per heavy atom. The van der Waals surface area contributed by atoms with Crippen molar-refractivity contribution in [2.45, 2.75) is 19.4 Å². The van der Waals surface area contributed by atoms with E-state index in [-0.39, 0.29) is 0 Å². The molecule has 4 heteroatoms. The Balaban J connectivity index is 2.39. The Kier molecular flexibility index (Phi) is 2.79. The number of rotatable bonds is 1. The molecule has 0 radical (unpaired) electrons. The van der Waals surface area contributed by atoms with E-state index in [9.17, 15) is 0 Å². The quantitative estimate of drug-likeness (QED) is 0.768. The van der Waals surface area contributed by atoms with Gasteiger partial charge in [-0.05, 0) is 25.5 Å². The first kappa shape index (κ1) is 9.62. The molecule has 0 spiro atoms. The van der Waals surface area contributed by atoms with Gasteiger partial charge in [0.1, 0.15) is 5.69 Å². The molecule has 1 atom stereocenters. The van der Waals surface area contributed by atoms with Gasteiger partial charge >= 0.3 is 0 Å². The maximum atomic E-state index is 5.98. The predicted octanol–water partition coefficient (Wildman–Crippen LogP) is 1.90. The first-order chi connectivity index (χ1) is 6.79. The van der Waals surface area contributed by atoms with Gasteiger partial charge in [0.2, 0.25) is 0 Å². The molecule has 1 unspecified atom stereocenters. The van der Waals surface area contributed by atoms with E-state index in [1.165, 1.54) is 0 Å². The molecule has 2 heterocycles. The molecule has 0 aliphatic carbocycles. The standard InChI is InChI=1S/C10H12ClN3/c1-7-8(3-2-4-12-7)9-10(11)14-6-5-13-9/h3,5-7,12H,2,4H2,1H3. The van der Waals surface area contributed by atoms with Crippen LogP contribution in [0, 0.1) is 0 Å². The van der Waals surface area contributed by atoms with E-state index in [1.807, 2.05) is 0 Å². The third-order valence-corrected chi connectivity index (χ3v) is 2.63. The maximum absolute atomic E-state index is 5.98. The van der Waals surface area contributed by atoms with E-state index in [2.05, 4.69) is 28.3 Å². The van der Waals surface area contributed by atoms with Gasteiger partial charge in [-0.2, -0.15) is 0 Å². The minimum Gasteiger partial charge on any atom is -0.310 e. The van der Waals surface area contributed by atoms with Gasteiger partial charge in [0, 0.05) is 18.4 Å². The van der Waals surface area contributed by atoms with Crippen LogP contribution in [0.5, 0.6) is 0 Å². The Morgan fingerprint density at radius 3 is 2.93 bits per heavy atom. The summed E-state index contributed by atoms with van der Waals surface area (Å²) in [7, 11) is 0. The number of halogens is 1. The average molecular weight is 210 g/mol. The SMILES string of the molecule is CC1NCCC=C1c1nccnc1Cl. The first-order valence-electron chi connectivity index (χ1n) is 4.69. The van der Waals surface area contributed by atoms with Crippen LogP contribution in [0.3, 0.4) is 0 Å². The molecule has 1 aliphatic heterocycles. The van der Waals surface area contributed by atoms with Crippen LogP contribution in [-0.4, -0.2) is 22.6 Å². The number of nitrogens with one attached hydrogen (secondary N) is 1. The molecule has 0 fully saturated rings. The van der Waals surface area contributed by atoms with E-state index in [0.29, 0.717) is 11.2 Å². The highest BCUT2D eigenvalue weighted by atomic mass is 35.5. The van der Waals surface area contributed by atoms with Gasteiger partial charge in [0.05, 0.1) is 0 Å². The van der Waals surface area contributed by atoms with Crippen LogP contribution >= 0.6 is 11.6 Å². The number of nitrogens with zero attached hydrogens (tertiary/aromatic N) is 2. The fraction of sp³-hybridized carbons (Fsp3) is 0.400. The number of hydrogen-bond acceptors (Lipinski definition) is 3. The van der Waals surface area contributed by atoms with Crippen molar-refractivity contribution in [3.05, 3.63) is 29.3 Å². The van der Waals surface area contributed by atoms with E-state index >= 15 is 0 Å². The molecule has 0 saturated heterocycles. The molecule has 74 valence electrons. The highest BCUT2D eigenvalue weighted by Crippen LogP contribution is 2.24. The van der Waals surface area contributed by atoms with Crippen LogP contribution in [0.4, 0.5) is 0 Å². The normalized spacial score (nSPS) is 21.9. The molecule has 0 aromatic carbocycles. The molecule has 1 aliphatic rings. The third-order valence-electron chi connectivity index (χ3n) is 2.35. The molecule has 0 amide bonds. The predicted molar refractivity (Wildman–Crippen MR) is 57.1 cm³/mol. The zero-order valence-corrected chi connectivity index (χ0v) is 8.75. The second kappa shape index (κ2) is 4.07. The zero-order chi connectivity index (χ0) is 9.97. The van der Waals surface area contributed by atoms with Crippen molar-refractivity contribution in [2.24, 2.45) is 0 Å². The number of hydrogen-bond donors (Lipinski definition) is 1. The summed E-state index contributed by atoms with van der Waals surface area (Å²) in [6, 6.07) is 0.304. The first-order valence-corrected chi connectivity index (χ1v) is 5.07. The van der Waals surface area contributed by atoms with Crippen LogP contribution in [0.1, 0.15) is 19.0 Å². The molecular weight excluding hydrogens is 198 g/mol. The van der Waals surface area contributed by atoms with E-state index in [1.54, 1.807) is 12.4 Å². The lowest BCUT2D eigenvalue weighted by molar-refractivity contribution is 0.625. The molecule has 1 N–H and O–H groups in total. The fourth-order valence-electron chi connectivity index (χ4n) is 1.63. The van der Waals surface area contributed by atoms with Gasteiger partial charge in [-0.25, -0.2) is 4.98 Å². The summed E-state index contributed by atoms with van der Waals surface area (Å²) in [5, 5.41) is 3.84. The average Bonchev–Trinajstić information content (AvgIpc) is 2.20. The van der Waals surface area contributed by atoms with Gasteiger partial charge in [-0.1, -0.05) is 17.7 Å². The summed E-state index contributed by atoms with van der Waals surface area (Å²) in [5.74, 6) is 0. The Bertz CT molecular complexity index is 362. The monoisotopic (exact) mass is 209 g/mol. The van der Waals surface area contributed by atoms with Crippen molar-refractivity contribution >= 4 is 17.2 Å². The second-order valence-corrected chi connectivity index (χ2v) is 3.68. The third kappa shape index (κ3) is 1.79. The van der Waals surface area contributed by atoms with Crippen LogP contribution in [0.2, 0.25) is 5.15 Å². The zero-order valence-electron chi connectivity index (χ0n) is 8.00. The van der Waals surface area contributed by atoms with Crippen molar-refractivity contribution in [2.75, 3.05) is 6.54 Å². The molecule has 0 saturated carbocycles. The van der Waals surface area contributed by atoms with Crippen molar-refractivity contribution in [3.8, 4) is 0 Å². The molecule has 3 nitrogen and oxygen atoms in total. The van der Waals surface area contributed by atoms with Crippen LogP contribution in [0.25, 0.3) is 5.57 Å². The summed E-state index contributed by atoms with van der Waals surface area (Å²) >= 11 is 5.98.